The lowest BCUT2D eigenvalue weighted by Gasteiger charge is -2.36. The number of rotatable bonds is 7. The van der Waals surface area contributed by atoms with Gasteiger partial charge in [0.2, 0.25) is 11.8 Å². The fourth-order valence-electron chi connectivity index (χ4n) is 2.28. The van der Waals surface area contributed by atoms with Crippen LogP contribution in [0.15, 0.2) is 12.7 Å². The number of hydrogen-bond acceptors (Lipinski definition) is 4. The Labute approximate surface area is 127 Å². The molecule has 0 saturated carbocycles. The van der Waals surface area contributed by atoms with Crippen LogP contribution in [0.5, 0.6) is 0 Å². The van der Waals surface area contributed by atoms with Crippen molar-refractivity contribution in [2.24, 2.45) is 11.7 Å². The molecule has 0 unspecified atom stereocenters. The molecule has 0 bridgehead atoms. The Hall–Kier alpha value is -1.40. The maximum absolute atomic E-state index is 12.3. The minimum absolute atomic E-state index is 0.00835. The number of carbonyl (C=O) groups is 2. The second-order valence-corrected chi connectivity index (χ2v) is 5.61. The molecule has 1 heterocycles. The fraction of sp³-hybridized carbons (Fsp3) is 0.733. The van der Waals surface area contributed by atoms with Crippen molar-refractivity contribution in [1.29, 1.82) is 0 Å². The minimum atomic E-state index is -0.419. The fourth-order valence-corrected chi connectivity index (χ4v) is 2.28. The maximum atomic E-state index is 12.3. The maximum Gasteiger partial charge on any atom is 0.239 e. The van der Waals surface area contributed by atoms with Gasteiger partial charge in [-0.05, 0) is 5.92 Å². The summed E-state index contributed by atoms with van der Waals surface area (Å²) in [5.41, 5.74) is 5.99. The van der Waals surface area contributed by atoms with Crippen LogP contribution in [0.2, 0.25) is 0 Å². The lowest BCUT2D eigenvalue weighted by Crippen LogP contribution is -2.55. The van der Waals surface area contributed by atoms with Crippen LogP contribution < -0.4 is 11.1 Å². The highest BCUT2D eigenvalue weighted by Crippen LogP contribution is 2.10. The zero-order valence-electron chi connectivity index (χ0n) is 13.2. The minimum Gasteiger partial charge on any atom is -0.352 e. The molecule has 0 radical (unpaired) electrons. The van der Waals surface area contributed by atoms with Crippen LogP contribution in [-0.2, 0) is 9.59 Å². The van der Waals surface area contributed by atoms with Gasteiger partial charge in [-0.25, -0.2) is 0 Å². The summed E-state index contributed by atoms with van der Waals surface area (Å²) in [6, 6.07) is -0.419. The van der Waals surface area contributed by atoms with E-state index >= 15 is 0 Å². The van der Waals surface area contributed by atoms with Gasteiger partial charge in [-0.1, -0.05) is 26.3 Å². The van der Waals surface area contributed by atoms with E-state index in [1.807, 2.05) is 18.7 Å². The third-order valence-corrected chi connectivity index (χ3v) is 4.04. The van der Waals surface area contributed by atoms with Gasteiger partial charge < -0.3 is 16.0 Å². The van der Waals surface area contributed by atoms with Gasteiger partial charge in [0.15, 0.2) is 0 Å². The van der Waals surface area contributed by atoms with Crippen LogP contribution >= 0.6 is 0 Å². The Morgan fingerprint density at radius 2 is 1.95 bits per heavy atom. The normalized spacial score (nSPS) is 18.9. The van der Waals surface area contributed by atoms with E-state index in [0.29, 0.717) is 39.3 Å². The highest BCUT2D eigenvalue weighted by Gasteiger charge is 2.28. The average molecular weight is 296 g/mol. The highest BCUT2D eigenvalue weighted by atomic mass is 16.2. The second-order valence-electron chi connectivity index (χ2n) is 5.61. The zero-order valence-corrected chi connectivity index (χ0v) is 13.2. The molecule has 1 aliphatic rings. The first-order valence-electron chi connectivity index (χ1n) is 7.63. The predicted molar refractivity (Wildman–Crippen MR) is 83.7 cm³/mol. The van der Waals surface area contributed by atoms with Crippen molar-refractivity contribution in [3.05, 3.63) is 12.7 Å². The smallest absolute Gasteiger partial charge is 0.239 e. The third-order valence-electron chi connectivity index (χ3n) is 4.04. The van der Waals surface area contributed by atoms with E-state index in [1.165, 1.54) is 0 Å². The van der Waals surface area contributed by atoms with Gasteiger partial charge in [0.1, 0.15) is 0 Å². The van der Waals surface area contributed by atoms with Gasteiger partial charge in [0.05, 0.1) is 12.6 Å². The molecule has 0 aromatic heterocycles. The molecule has 0 spiro atoms. The molecule has 0 aromatic carbocycles. The van der Waals surface area contributed by atoms with Crippen LogP contribution in [0.4, 0.5) is 0 Å². The van der Waals surface area contributed by atoms with E-state index in [4.69, 9.17) is 5.73 Å². The first kappa shape index (κ1) is 17.7. The Kier molecular flexibility index (Phi) is 7.39. The summed E-state index contributed by atoms with van der Waals surface area (Å²) in [5.74, 6) is 0.214. The average Bonchev–Trinajstić information content (AvgIpc) is 2.51. The summed E-state index contributed by atoms with van der Waals surface area (Å²) in [6.45, 7) is 11.2. The number of nitrogens with one attached hydrogen (secondary N) is 1. The van der Waals surface area contributed by atoms with E-state index in [2.05, 4.69) is 16.8 Å². The molecule has 1 saturated heterocycles. The molecule has 120 valence electrons. The number of amides is 2. The SMILES string of the molecule is C=CCNC(=O)CN1CCN(C(=O)[C@@H](N)[C@@H](C)CC)CC1. The van der Waals surface area contributed by atoms with Crippen LogP contribution in [-0.4, -0.2) is 66.9 Å². The molecule has 0 aromatic rings. The van der Waals surface area contributed by atoms with Crippen molar-refractivity contribution in [1.82, 2.24) is 15.1 Å². The van der Waals surface area contributed by atoms with E-state index in [9.17, 15) is 9.59 Å². The summed E-state index contributed by atoms with van der Waals surface area (Å²) >= 11 is 0. The first-order chi connectivity index (χ1) is 9.99. The van der Waals surface area contributed by atoms with Gasteiger partial charge >= 0.3 is 0 Å². The lowest BCUT2D eigenvalue weighted by atomic mass is 9.98. The summed E-state index contributed by atoms with van der Waals surface area (Å²) in [6.07, 6.45) is 2.56. The van der Waals surface area contributed by atoms with Gasteiger partial charge in [0.25, 0.3) is 0 Å². The topological polar surface area (TPSA) is 78.7 Å². The van der Waals surface area contributed by atoms with E-state index in [-0.39, 0.29) is 17.7 Å². The second kappa shape index (κ2) is 8.79. The Balaban J connectivity index is 2.36. The molecule has 1 aliphatic heterocycles. The quantitative estimate of drug-likeness (QED) is 0.638. The Bertz CT molecular complexity index is 365. The molecular formula is C15H28N4O2. The molecule has 6 heteroatoms. The van der Waals surface area contributed by atoms with E-state index in [0.717, 1.165) is 6.42 Å². The van der Waals surface area contributed by atoms with Crippen LogP contribution in [0, 0.1) is 5.92 Å². The van der Waals surface area contributed by atoms with Crippen molar-refractivity contribution in [3.63, 3.8) is 0 Å². The zero-order chi connectivity index (χ0) is 15.8. The summed E-state index contributed by atoms with van der Waals surface area (Å²) in [5, 5.41) is 2.76. The molecular weight excluding hydrogens is 268 g/mol. The van der Waals surface area contributed by atoms with Crippen LogP contribution in [0.3, 0.4) is 0 Å². The molecule has 2 amide bonds. The van der Waals surface area contributed by atoms with Crippen LogP contribution in [0.25, 0.3) is 0 Å². The first-order valence-corrected chi connectivity index (χ1v) is 7.63. The highest BCUT2D eigenvalue weighted by molar-refractivity contribution is 5.82. The molecule has 1 fully saturated rings. The van der Waals surface area contributed by atoms with Crippen LogP contribution in [0.1, 0.15) is 20.3 Å². The van der Waals surface area contributed by atoms with Crippen molar-refractivity contribution < 1.29 is 9.59 Å². The molecule has 1 rings (SSSR count). The van der Waals surface area contributed by atoms with E-state index < -0.39 is 6.04 Å². The summed E-state index contributed by atoms with van der Waals surface area (Å²) in [7, 11) is 0. The monoisotopic (exact) mass is 296 g/mol. The molecule has 3 N–H and O–H groups in total. The standard InChI is InChI=1S/C15H28N4O2/c1-4-6-17-13(20)11-18-7-9-19(10-8-18)15(21)14(16)12(3)5-2/h4,12,14H,1,5-11,16H2,2-3H3,(H,17,20)/t12-,14-/m0/s1. The molecule has 6 nitrogen and oxygen atoms in total. The third kappa shape index (κ3) is 5.47. The predicted octanol–water partition coefficient (Wildman–Crippen LogP) is -0.194. The van der Waals surface area contributed by atoms with Gasteiger partial charge in [-0.2, -0.15) is 0 Å². The summed E-state index contributed by atoms with van der Waals surface area (Å²) < 4.78 is 0. The Morgan fingerprint density at radius 1 is 1.33 bits per heavy atom. The number of nitrogens with zero attached hydrogens (tertiary/aromatic N) is 2. The largest absolute Gasteiger partial charge is 0.352 e. The number of nitrogens with two attached hydrogens (primary N) is 1. The molecule has 2 atom stereocenters. The number of hydrogen-bond donors (Lipinski definition) is 2. The van der Waals surface area contributed by atoms with Gasteiger partial charge in [0, 0.05) is 32.7 Å². The Morgan fingerprint density at radius 3 is 2.48 bits per heavy atom. The van der Waals surface area contributed by atoms with E-state index in [1.54, 1.807) is 6.08 Å². The van der Waals surface area contributed by atoms with Gasteiger partial charge in [-0.15, -0.1) is 6.58 Å². The number of piperazine rings is 1. The molecule has 0 aliphatic carbocycles. The molecule has 21 heavy (non-hydrogen) atoms. The van der Waals surface area contributed by atoms with Crippen molar-refractivity contribution >= 4 is 11.8 Å². The van der Waals surface area contributed by atoms with Crippen molar-refractivity contribution in [2.75, 3.05) is 39.3 Å². The van der Waals surface area contributed by atoms with Crippen molar-refractivity contribution in [3.8, 4) is 0 Å². The summed E-state index contributed by atoms with van der Waals surface area (Å²) in [4.78, 5) is 27.7. The number of carbonyl (C=O) groups excluding carboxylic acids is 2. The van der Waals surface area contributed by atoms with Gasteiger partial charge in [-0.3, -0.25) is 14.5 Å². The lowest BCUT2D eigenvalue weighted by molar-refractivity contribution is -0.135. The van der Waals surface area contributed by atoms with Crippen molar-refractivity contribution in [2.45, 2.75) is 26.3 Å².